The Morgan fingerprint density at radius 1 is 1.32 bits per heavy atom. The van der Waals surface area contributed by atoms with Crippen LogP contribution in [0, 0.1) is 12.7 Å². The van der Waals surface area contributed by atoms with Crippen LogP contribution in [0.1, 0.15) is 30.7 Å². The van der Waals surface area contributed by atoms with E-state index in [1.807, 2.05) is 32.2 Å². The zero-order chi connectivity index (χ0) is 27.6. The maximum absolute atomic E-state index is 14.4. The highest BCUT2D eigenvalue weighted by molar-refractivity contribution is 6.31. The van der Waals surface area contributed by atoms with Crippen LogP contribution in [0.25, 0.3) is 22.3 Å². The largest absolute Gasteiger partial charge is 0.487 e. The number of carbonyl (C=O) groups excluding carboxylic acids is 1. The number of aromatic nitrogens is 4. The van der Waals surface area contributed by atoms with E-state index in [2.05, 4.69) is 15.4 Å². The number of fused-ring (bicyclic) bond motifs is 1. The van der Waals surface area contributed by atoms with Gasteiger partial charge in [0.2, 0.25) is 5.91 Å². The molecular formula is C26H27BClF2N5O3. The second-order valence-electron chi connectivity index (χ2n) is 9.40. The lowest BCUT2D eigenvalue weighted by atomic mass is 9.72. The Balaban J connectivity index is 1.68. The van der Waals surface area contributed by atoms with Gasteiger partial charge in [-0.15, -0.1) is 0 Å². The van der Waals surface area contributed by atoms with Gasteiger partial charge in [-0.2, -0.15) is 5.10 Å². The van der Waals surface area contributed by atoms with Crippen molar-refractivity contribution >= 4 is 36.3 Å². The number of hydrogen-bond acceptors (Lipinski definition) is 6. The van der Waals surface area contributed by atoms with Crippen molar-refractivity contribution in [2.24, 2.45) is 7.05 Å². The van der Waals surface area contributed by atoms with Crippen molar-refractivity contribution < 1.29 is 23.0 Å². The average molecular weight is 542 g/mol. The van der Waals surface area contributed by atoms with Crippen molar-refractivity contribution in [3.8, 4) is 17.1 Å². The highest BCUT2D eigenvalue weighted by Gasteiger charge is 2.28. The average Bonchev–Trinajstić information content (AvgIpc) is 3.26. The molecule has 1 unspecified atom stereocenters. The minimum absolute atomic E-state index is 0.0280. The molecule has 0 aliphatic rings. The van der Waals surface area contributed by atoms with Crippen molar-refractivity contribution in [2.75, 3.05) is 6.61 Å². The Kier molecular flexibility index (Phi) is 7.98. The van der Waals surface area contributed by atoms with Crippen molar-refractivity contribution in [1.29, 1.82) is 0 Å². The van der Waals surface area contributed by atoms with Crippen molar-refractivity contribution in [3.05, 3.63) is 70.4 Å². The standard InChI is InChI=1S/C26H27BClF2N5O3/c1-14-8-18(25-31-13-32-35(25)4)17-6-5-7-22(24(17)33-14)38-11-19-20(9-16(30)10-21(19)28)26(3,27)34-23(36)12-37-15(2)29/h5-10,13,15H,11-12,27H2,1-4H3,(H,34,36)/t15?,26-/m0/s1. The number of pyridine rings is 1. The van der Waals surface area contributed by atoms with E-state index in [4.69, 9.17) is 26.1 Å². The number of alkyl halides is 1. The number of para-hydroxylation sites is 1. The van der Waals surface area contributed by atoms with Crippen LogP contribution in [0.5, 0.6) is 5.75 Å². The van der Waals surface area contributed by atoms with Crippen LogP contribution in [-0.2, 0) is 28.6 Å². The number of amides is 1. The van der Waals surface area contributed by atoms with Crippen LogP contribution in [-0.4, -0.2) is 46.5 Å². The molecule has 0 spiro atoms. The maximum atomic E-state index is 14.4. The molecule has 1 amide bonds. The van der Waals surface area contributed by atoms with Gasteiger partial charge in [-0.05, 0) is 50.6 Å². The number of carbonyl (C=O) groups is 1. The topological polar surface area (TPSA) is 91.2 Å². The van der Waals surface area contributed by atoms with E-state index in [1.54, 1.807) is 25.5 Å². The van der Waals surface area contributed by atoms with Crippen LogP contribution in [0.3, 0.4) is 0 Å². The number of rotatable bonds is 9. The molecule has 2 aromatic heterocycles. The molecule has 0 aliphatic carbocycles. The summed E-state index contributed by atoms with van der Waals surface area (Å²) >= 11 is 6.46. The summed E-state index contributed by atoms with van der Waals surface area (Å²) in [5.74, 6) is 0.0514. The SMILES string of the molecule is B[C@@](C)(NC(=O)COC(C)F)c1cc(F)cc(Cl)c1COc1cccc2c(-c3ncnn3C)cc(C)nc12. The zero-order valence-electron chi connectivity index (χ0n) is 21.7. The predicted molar refractivity (Wildman–Crippen MR) is 143 cm³/mol. The van der Waals surface area contributed by atoms with Gasteiger partial charge in [0.25, 0.3) is 0 Å². The van der Waals surface area contributed by atoms with Gasteiger partial charge in [-0.1, -0.05) is 23.7 Å². The summed E-state index contributed by atoms with van der Waals surface area (Å²) < 4.78 is 40.1. The minimum atomic E-state index is -1.59. The molecule has 0 bridgehead atoms. The smallest absolute Gasteiger partial charge is 0.246 e. The Morgan fingerprint density at radius 2 is 2.08 bits per heavy atom. The summed E-state index contributed by atoms with van der Waals surface area (Å²) in [6.45, 7) is 4.24. The monoisotopic (exact) mass is 541 g/mol. The molecule has 0 saturated heterocycles. The number of benzene rings is 2. The van der Waals surface area contributed by atoms with Gasteiger partial charge in [0, 0.05) is 34.7 Å². The van der Waals surface area contributed by atoms with Gasteiger partial charge >= 0.3 is 0 Å². The summed E-state index contributed by atoms with van der Waals surface area (Å²) in [6, 6.07) is 9.97. The Labute approximate surface area is 224 Å². The Bertz CT molecular complexity index is 1500. The first kappa shape index (κ1) is 27.5. The van der Waals surface area contributed by atoms with Gasteiger partial charge in [-0.3, -0.25) is 4.79 Å². The third-order valence-electron chi connectivity index (χ3n) is 5.98. The first-order valence-electron chi connectivity index (χ1n) is 11.9. The van der Waals surface area contributed by atoms with Gasteiger partial charge in [0.05, 0.1) is 5.02 Å². The second-order valence-corrected chi connectivity index (χ2v) is 9.81. The van der Waals surface area contributed by atoms with Crippen molar-refractivity contribution in [2.45, 2.75) is 39.2 Å². The molecule has 8 nitrogen and oxygen atoms in total. The van der Waals surface area contributed by atoms with Crippen LogP contribution < -0.4 is 10.1 Å². The third-order valence-corrected chi connectivity index (χ3v) is 6.32. The number of aryl methyl sites for hydroxylation is 2. The molecule has 12 heteroatoms. The molecule has 0 saturated carbocycles. The summed E-state index contributed by atoms with van der Waals surface area (Å²) in [7, 11) is 3.50. The van der Waals surface area contributed by atoms with Gasteiger partial charge < -0.3 is 14.8 Å². The number of nitrogens with zero attached hydrogens (tertiary/aromatic N) is 4. The van der Waals surface area contributed by atoms with E-state index < -0.39 is 30.1 Å². The quantitative estimate of drug-likeness (QED) is 0.323. The molecule has 1 N–H and O–H groups in total. The summed E-state index contributed by atoms with van der Waals surface area (Å²) in [5, 5.41) is 7.88. The molecule has 38 heavy (non-hydrogen) atoms. The fraction of sp³-hybridized carbons (Fsp3) is 0.308. The lowest BCUT2D eigenvalue weighted by Gasteiger charge is -2.30. The molecule has 0 radical (unpaired) electrons. The Hall–Kier alpha value is -3.57. The lowest BCUT2D eigenvalue weighted by molar-refractivity contribution is -0.132. The number of ether oxygens (including phenoxy) is 2. The van der Waals surface area contributed by atoms with Crippen LogP contribution in [0.15, 0.2) is 42.7 Å². The van der Waals surface area contributed by atoms with E-state index in [0.717, 1.165) is 16.6 Å². The van der Waals surface area contributed by atoms with E-state index in [1.165, 1.54) is 25.4 Å². The van der Waals surface area contributed by atoms with Crippen molar-refractivity contribution in [1.82, 2.24) is 25.1 Å². The van der Waals surface area contributed by atoms with Crippen LogP contribution in [0.2, 0.25) is 5.02 Å². The summed E-state index contributed by atoms with van der Waals surface area (Å²) in [6.07, 6.45) is -0.108. The maximum Gasteiger partial charge on any atom is 0.246 e. The number of nitrogens with one attached hydrogen (secondary N) is 1. The predicted octanol–water partition coefficient (Wildman–Crippen LogP) is 3.96. The summed E-state index contributed by atoms with van der Waals surface area (Å²) in [5.41, 5.74) is 2.06. The minimum Gasteiger partial charge on any atom is -0.487 e. The van der Waals surface area contributed by atoms with Crippen LogP contribution in [0.4, 0.5) is 8.78 Å². The fourth-order valence-electron chi connectivity index (χ4n) is 4.29. The molecule has 2 heterocycles. The van der Waals surface area contributed by atoms with E-state index in [9.17, 15) is 13.6 Å². The van der Waals surface area contributed by atoms with Gasteiger partial charge in [0.15, 0.2) is 12.2 Å². The second kappa shape index (κ2) is 11.0. The molecular weight excluding hydrogens is 515 g/mol. The first-order chi connectivity index (χ1) is 18.0. The highest BCUT2D eigenvalue weighted by atomic mass is 35.5. The molecule has 0 fully saturated rings. The summed E-state index contributed by atoms with van der Waals surface area (Å²) in [4.78, 5) is 21.4. The Morgan fingerprint density at radius 3 is 2.76 bits per heavy atom. The fourth-order valence-corrected chi connectivity index (χ4v) is 4.55. The molecule has 4 rings (SSSR count). The number of hydrogen-bond donors (Lipinski definition) is 1. The zero-order valence-corrected chi connectivity index (χ0v) is 22.4. The molecule has 0 aliphatic heterocycles. The van der Waals surface area contributed by atoms with Crippen molar-refractivity contribution in [3.63, 3.8) is 0 Å². The van der Waals surface area contributed by atoms with Gasteiger partial charge in [0.1, 0.15) is 44.5 Å². The normalized spacial score (nSPS) is 13.8. The lowest BCUT2D eigenvalue weighted by Crippen LogP contribution is -2.46. The van der Waals surface area contributed by atoms with E-state index in [0.29, 0.717) is 28.2 Å². The van der Waals surface area contributed by atoms with E-state index in [-0.39, 0.29) is 11.6 Å². The molecule has 2 atom stereocenters. The number of halogens is 3. The first-order valence-corrected chi connectivity index (χ1v) is 12.3. The highest BCUT2D eigenvalue weighted by Crippen LogP contribution is 2.34. The van der Waals surface area contributed by atoms with Gasteiger partial charge in [-0.25, -0.2) is 23.4 Å². The van der Waals surface area contributed by atoms with Crippen LogP contribution >= 0.6 is 11.6 Å². The third kappa shape index (κ3) is 5.94. The molecule has 198 valence electrons. The molecule has 4 aromatic rings. The van der Waals surface area contributed by atoms with E-state index >= 15 is 0 Å². The molecule has 2 aromatic carbocycles.